The van der Waals surface area contributed by atoms with Gasteiger partial charge in [0, 0.05) is 24.1 Å². The second kappa shape index (κ2) is 8.31. The Hall–Kier alpha value is -2.12. The number of aliphatic hydroxyl groups excluding tert-OH is 2. The smallest absolute Gasteiger partial charge is 0.255 e. The molecular weight excluding hydrogens is 324 g/mol. The molecule has 2 rings (SSSR count). The van der Waals surface area contributed by atoms with E-state index < -0.39 is 17.4 Å². The molecule has 1 heterocycles. The molecule has 138 valence electrons. The van der Waals surface area contributed by atoms with Crippen molar-refractivity contribution < 1.29 is 24.5 Å². The first-order valence-corrected chi connectivity index (χ1v) is 8.51. The number of rotatable bonds is 7. The van der Waals surface area contributed by atoms with E-state index >= 15 is 0 Å². The second-order valence-corrected chi connectivity index (χ2v) is 6.57. The molecule has 1 saturated heterocycles. The van der Waals surface area contributed by atoms with E-state index in [4.69, 9.17) is 10.5 Å². The van der Waals surface area contributed by atoms with Crippen LogP contribution in [0, 0.1) is 5.41 Å². The van der Waals surface area contributed by atoms with Crippen molar-refractivity contribution in [1.82, 2.24) is 4.90 Å². The zero-order valence-electron chi connectivity index (χ0n) is 14.5. The van der Waals surface area contributed by atoms with Crippen LogP contribution in [0.1, 0.15) is 36.5 Å². The van der Waals surface area contributed by atoms with Gasteiger partial charge in [0.05, 0.1) is 12.7 Å². The van der Waals surface area contributed by atoms with Gasteiger partial charge in [-0.15, -0.1) is 0 Å². The normalized spacial score (nSPS) is 23.3. The predicted molar refractivity (Wildman–Crippen MR) is 92.1 cm³/mol. The first kappa shape index (κ1) is 19.2. The minimum atomic E-state index is -0.760. The number of aliphatic hydroxyl groups is 2. The van der Waals surface area contributed by atoms with E-state index in [0.717, 1.165) is 12.8 Å². The minimum absolute atomic E-state index is 0.0829. The lowest BCUT2D eigenvalue weighted by Crippen LogP contribution is -2.54. The van der Waals surface area contributed by atoms with Crippen LogP contribution in [-0.4, -0.2) is 59.3 Å². The zero-order chi connectivity index (χ0) is 18.4. The number of piperidine rings is 1. The topological polar surface area (TPSA) is 113 Å². The Morgan fingerprint density at radius 2 is 2.20 bits per heavy atom. The highest BCUT2D eigenvalue weighted by molar-refractivity contribution is 5.94. The standard InChI is InChI=1S/C18H26N2O5/c1-2-6-18(12-21)7-8-20(10-15(18)22)17(24)13-4-3-5-14(9-13)25-11-16(19)23/h3-5,9,15,21-22H,2,6-8,10-12H2,1H3,(H2,19,23)/t15-,18+/m0/s1. The van der Waals surface area contributed by atoms with Gasteiger partial charge < -0.3 is 25.6 Å². The Morgan fingerprint density at radius 3 is 2.80 bits per heavy atom. The van der Waals surface area contributed by atoms with Crippen LogP contribution in [0.3, 0.4) is 0 Å². The molecule has 2 amide bonds. The fraction of sp³-hybridized carbons (Fsp3) is 0.556. The molecule has 7 heteroatoms. The average Bonchev–Trinajstić information content (AvgIpc) is 2.61. The molecule has 0 spiro atoms. The Kier molecular flexibility index (Phi) is 6.39. The lowest BCUT2D eigenvalue weighted by molar-refractivity contribution is -0.119. The van der Waals surface area contributed by atoms with Crippen LogP contribution in [0.2, 0.25) is 0 Å². The summed E-state index contributed by atoms with van der Waals surface area (Å²) in [6.45, 7) is 2.34. The number of likely N-dealkylation sites (tertiary alicyclic amines) is 1. The van der Waals surface area contributed by atoms with Crippen molar-refractivity contribution in [1.29, 1.82) is 0 Å². The maximum atomic E-state index is 12.7. The summed E-state index contributed by atoms with van der Waals surface area (Å²) in [5.74, 6) is -0.420. The first-order chi connectivity index (χ1) is 11.9. The van der Waals surface area contributed by atoms with E-state index in [2.05, 4.69) is 0 Å². The van der Waals surface area contributed by atoms with Crippen molar-refractivity contribution in [3.63, 3.8) is 0 Å². The molecule has 0 aromatic heterocycles. The van der Waals surface area contributed by atoms with Gasteiger partial charge in [-0.25, -0.2) is 0 Å². The number of amides is 2. The first-order valence-electron chi connectivity index (χ1n) is 8.51. The van der Waals surface area contributed by atoms with Crippen LogP contribution < -0.4 is 10.5 Å². The van der Waals surface area contributed by atoms with Crippen LogP contribution >= 0.6 is 0 Å². The maximum absolute atomic E-state index is 12.7. The highest BCUT2D eigenvalue weighted by Crippen LogP contribution is 2.36. The van der Waals surface area contributed by atoms with Gasteiger partial charge in [-0.05, 0) is 31.0 Å². The number of nitrogens with zero attached hydrogens (tertiary/aromatic N) is 1. The summed E-state index contributed by atoms with van der Waals surface area (Å²) in [6, 6.07) is 6.52. The Balaban J connectivity index is 2.07. The summed E-state index contributed by atoms with van der Waals surface area (Å²) in [4.78, 5) is 25.1. The summed E-state index contributed by atoms with van der Waals surface area (Å²) in [5.41, 5.74) is 4.93. The second-order valence-electron chi connectivity index (χ2n) is 6.57. The number of nitrogens with two attached hydrogens (primary N) is 1. The summed E-state index contributed by atoms with van der Waals surface area (Å²) >= 11 is 0. The Morgan fingerprint density at radius 1 is 1.44 bits per heavy atom. The van der Waals surface area contributed by atoms with Gasteiger partial charge in [0.25, 0.3) is 11.8 Å². The van der Waals surface area contributed by atoms with Crippen molar-refractivity contribution in [3.05, 3.63) is 29.8 Å². The molecule has 0 saturated carbocycles. The van der Waals surface area contributed by atoms with Gasteiger partial charge in [0.15, 0.2) is 6.61 Å². The highest BCUT2D eigenvalue weighted by atomic mass is 16.5. The molecule has 1 fully saturated rings. The molecule has 2 atom stereocenters. The fourth-order valence-corrected chi connectivity index (χ4v) is 3.31. The van der Waals surface area contributed by atoms with Gasteiger partial charge in [0.2, 0.25) is 0 Å². The third-order valence-corrected chi connectivity index (χ3v) is 4.79. The molecule has 4 N–H and O–H groups in total. The van der Waals surface area contributed by atoms with Gasteiger partial charge in [0.1, 0.15) is 5.75 Å². The van der Waals surface area contributed by atoms with Crippen LogP contribution in [-0.2, 0) is 4.79 Å². The van der Waals surface area contributed by atoms with Gasteiger partial charge in [-0.1, -0.05) is 19.4 Å². The molecule has 7 nitrogen and oxygen atoms in total. The van der Waals surface area contributed by atoms with Crippen molar-refractivity contribution in [2.75, 3.05) is 26.3 Å². The van der Waals surface area contributed by atoms with Crippen molar-refractivity contribution in [2.24, 2.45) is 11.1 Å². The summed E-state index contributed by atoms with van der Waals surface area (Å²) in [5, 5.41) is 20.2. The van der Waals surface area contributed by atoms with Crippen LogP contribution in [0.15, 0.2) is 24.3 Å². The molecule has 1 aliphatic heterocycles. The monoisotopic (exact) mass is 350 g/mol. The number of ether oxygens (including phenoxy) is 1. The number of carbonyl (C=O) groups excluding carboxylic acids is 2. The molecule has 1 aliphatic rings. The molecule has 0 unspecified atom stereocenters. The average molecular weight is 350 g/mol. The van der Waals surface area contributed by atoms with Crippen molar-refractivity contribution in [3.8, 4) is 5.75 Å². The van der Waals surface area contributed by atoms with Gasteiger partial charge in [-0.3, -0.25) is 9.59 Å². The molecule has 0 radical (unpaired) electrons. The molecule has 1 aromatic rings. The largest absolute Gasteiger partial charge is 0.484 e. The lowest BCUT2D eigenvalue weighted by Gasteiger charge is -2.44. The lowest BCUT2D eigenvalue weighted by atomic mass is 9.73. The predicted octanol–water partition coefficient (Wildman–Crippen LogP) is 0.536. The van der Waals surface area contributed by atoms with Crippen molar-refractivity contribution >= 4 is 11.8 Å². The number of primary amides is 1. The quantitative estimate of drug-likeness (QED) is 0.664. The third-order valence-electron chi connectivity index (χ3n) is 4.79. The zero-order valence-corrected chi connectivity index (χ0v) is 14.5. The molecule has 0 bridgehead atoms. The summed E-state index contributed by atoms with van der Waals surface area (Å²) in [6.07, 6.45) is 1.39. The number of β-amino-alcohol motifs (C(OH)–C–C–N with tert-alkyl or cyclic N) is 1. The molecule has 0 aliphatic carbocycles. The summed E-state index contributed by atoms with van der Waals surface area (Å²) in [7, 11) is 0. The van der Waals surface area contributed by atoms with E-state index in [0.29, 0.717) is 24.3 Å². The van der Waals surface area contributed by atoms with Gasteiger partial charge in [-0.2, -0.15) is 0 Å². The van der Waals surface area contributed by atoms with Crippen LogP contribution in [0.25, 0.3) is 0 Å². The van der Waals surface area contributed by atoms with E-state index in [1.54, 1.807) is 29.2 Å². The maximum Gasteiger partial charge on any atom is 0.255 e. The van der Waals surface area contributed by atoms with E-state index in [-0.39, 0.29) is 25.7 Å². The third kappa shape index (κ3) is 4.49. The van der Waals surface area contributed by atoms with Crippen molar-refractivity contribution in [2.45, 2.75) is 32.3 Å². The Labute approximate surface area is 147 Å². The van der Waals surface area contributed by atoms with Crippen LogP contribution in [0.5, 0.6) is 5.75 Å². The molecular formula is C18H26N2O5. The van der Waals surface area contributed by atoms with E-state index in [9.17, 15) is 19.8 Å². The SMILES string of the molecule is CCC[C@]1(CO)CCN(C(=O)c2cccc(OCC(N)=O)c2)C[C@@H]1O. The van der Waals surface area contributed by atoms with Gasteiger partial charge >= 0.3 is 0 Å². The van der Waals surface area contributed by atoms with E-state index in [1.165, 1.54) is 0 Å². The van der Waals surface area contributed by atoms with Crippen LogP contribution in [0.4, 0.5) is 0 Å². The highest BCUT2D eigenvalue weighted by Gasteiger charge is 2.42. The van der Waals surface area contributed by atoms with E-state index in [1.807, 2.05) is 6.92 Å². The number of hydrogen-bond donors (Lipinski definition) is 3. The number of carbonyl (C=O) groups is 2. The molecule has 25 heavy (non-hydrogen) atoms. The number of benzene rings is 1. The summed E-state index contributed by atoms with van der Waals surface area (Å²) < 4.78 is 5.22. The Bertz CT molecular complexity index is 621. The fourth-order valence-electron chi connectivity index (χ4n) is 3.31. The number of hydrogen-bond acceptors (Lipinski definition) is 5. The molecule has 1 aromatic carbocycles. The minimum Gasteiger partial charge on any atom is -0.484 e.